The molecule has 0 aromatic carbocycles. The lowest BCUT2D eigenvalue weighted by atomic mass is 9.74. The normalized spacial score (nSPS) is 25.5. The topological polar surface area (TPSA) is 168 Å². The van der Waals surface area contributed by atoms with Gasteiger partial charge in [-0.15, -0.1) is 0 Å². The number of halogens is 6. The summed E-state index contributed by atoms with van der Waals surface area (Å²) in [4.78, 5) is 31.3. The third-order valence-corrected chi connectivity index (χ3v) is 8.59. The fourth-order valence-electron chi connectivity index (χ4n) is 6.72. The quantitative estimate of drug-likeness (QED) is 0.218. The smallest absolute Gasteiger partial charge is 0.407 e. The fourth-order valence-corrected chi connectivity index (χ4v) is 6.72. The highest BCUT2D eigenvalue weighted by Gasteiger charge is 2.49. The number of nitrogens with zero attached hydrogens (tertiary/aromatic N) is 3. The standard InChI is InChI=1S/C17H24F3N3O2.C13H16F3N3O2/c1-16(2,3)23(15(24)25)12-7-10(6-11(8-12)17(18,19)20)13-4-5-22-9-14(13)21;14-13(15,16)8-3-7(4-9(5-8)19-12(20)21)10-1-2-18-6-11(10)17/h4-5,9-12H,6-8,21H2,1-3H3,(H,24,25);1-2,6-9,19H,3-5,17H2,(H,20,21)/t10-,11+,12-;7-,8-,9+/m11/s1. The molecule has 10 nitrogen and oxygen atoms in total. The van der Waals surface area contributed by atoms with Crippen molar-refractivity contribution in [1.82, 2.24) is 20.2 Å². The van der Waals surface area contributed by atoms with Crippen molar-refractivity contribution in [2.75, 3.05) is 11.5 Å². The number of anilines is 2. The van der Waals surface area contributed by atoms with Gasteiger partial charge >= 0.3 is 24.5 Å². The van der Waals surface area contributed by atoms with Gasteiger partial charge in [-0.05, 0) is 94.4 Å². The number of aromatic nitrogens is 2. The third kappa shape index (κ3) is 9.52. The first-order chi connectivity index (χ1) is 21.2. The molecule has 0 saturated heterocycles. The van der Waals surface area contributed by atoms with Gasteiger partial charge in [0.2, 0.25) is 0 Å². The molecular weight excluding hydrogens is 622 g/mol. The Balaban J connectivity index is 0.000000254. The third-order valence-electron chi connectivity index (χ3n) is 8.59. The van der Waals surface area contributed by atoms with Crippen LogP contribution in [-0.4, -0.2) is 67.2 Å². The predicted octanol–water partition coefficient (Wildman–Crippen LogP) is 7.00. The van der Waals surface area contributed by atoms with Crippen LogP contribution in [0.15, 0.2) is 36.9 Å². The number of nitrogen functional groups attached to an aromatic ring is 2. The summed E-state index contributed by atoms with van der Waals surface area (Å²) in [7, 11) is 0. The maximum atomic E-state index is 13.5. The van der Waals surface area contributed by atoms with Crippen molar-refractivity contribution in [3.63, 3.8) is 0 Å². The van der Waals surface area contributed by atoms with Gasteiger partial charge in [-0.25, -0.2) is 9.59 Å². The average Bonchev–Trinajstić information content (AvgIpc) is 2.91. The predicted molar refractivity (Wildman–Crippen MR) is 158 cm³/mol. The van der Waals surface area contributed by atoms with E-state index in [-0.39, 0.29) is 25.7 Å². The van der Waals surface area contributed by atoms with Crippen molar-refractivity contribution in [2.24, 2.45) is 11.8 Å². The van der Waals surface area contributed by atoms with Gasteiger partial charge < -0.3 is 31.9 Å². The molecule has 6 atom stereocenters. The molecule has 2 amide bonds. The van der Waals surface area contributed by atoms with Crippen LogP contribution in [0.25, 0.3) is 0 Å². The van der Waals surface area contributed by atoms with Crippen LogP contribution in [0.2, 0.25) is 0 Å². The Bertz CT molecular complexity index is 1350. The molecule has 2 heterocycles. The maximum Gasteiger partial charge on any atom is 0.407 e. The summed E-state index contributed by atoms with van der Waals surface area (Å²) >= 11 is 0. The first kappa shape index (κ1) is 36.5. The van der Waals surface area contributed by atoms with E-state index in [9.17, 15) is 41.0 Å². The summed E-state index contributed by atoms with van der Waals surface area (Å²) in [5, 5.41) is 20.5. The summed E-state index contributed by atoms with van der Waals surface area (Å²) < 4.78 is 79.4. The molecule has 0 aliphatic heterocycles. The van der Waals surface area contributed by atoms with Crippen LogP contribution in [0.1, 0.15) is 82.3 Å². The second-order valence-corrected chi connectivity index (χ2v) is 12.9. The summed E-state index contributed by atoms with van der Waals surface area (Å²) in [6.45, 7) is 5.07. The van der Waals surface area contributed by atoms with E-state index in [1.807, 2.05) is 0 Å². The van der Waals surface area contributed by atoms with Gasteiger partial charge in [0, 0.05) is 30.0 Å². The van der Waals surface area contributed by atoms with Gasteiger partial charge in [0.25, 0.3) is 0 Å². The van der Waals surface area contributed by atoms with Crippen LogP contribution in [0.4, 0.5) is 47.3 Å². The van der Waals surface area contributed by atoms with Gasteiger partial charge in [0.05, 0.1) is 35.6 Å². The molecular formula is C30H40F6N6O4. The minimum atomic E-state index is -4.37. The molecule has 16 heteroatoms. The molecule has 2 aliphatic carbocycles. The number of amides is 2. The molecule has 2 fully saturated rings. The highest BCUT2D eigenvalue weighted by molar-refractivity contribution is 5.66. The molecule has 7 N–H and O–H groups in total. The van der Waals surface area contributed by atoms with Gasteiger partial charge in [0.1, 0.15) is 0 Å². The summed E-state index contributed by atoms with van der Waals surface area (Å²) in [6.07, 6.45) is -5.50. The molecule has 0 unspecified atom stereocenters. The van der Waals surface area contributed by atoms with Crippen molar-refractivity contribution in [1.29, 1.82) is 0 Å². The number of hydrogen-bond acceptors (Lipinski definition) is 6. The van der Waals surface area contributed by atoms with Crippen LogP contribution in [0, 0.1) is 11.8 Å². The van der Waals surface area contributed by atoms with E-state index in [4.69, 9.17) is 16.6 Å². The van der Waals surface area contributed by atoms with Crippen molar-refractivity contribution in [2.45, 2.75) is 101 Å². The van der Waals surface area contributed by atoms with Gasteiger partial charge in [-0.1, -0.05) is 0 Å². The monoisotopic (exact) mass is 662 g/mol. The zero-order chi connectivity index (χ0) is 34.6. The number of rotatable bonds is 4. The lowest BCUT2D eigenvalue weighted by Crippen LogP contribution is -2.54. The Kier molecular flexibility index (Phi) is 11.3. The van der Waals surface area contributed by atoms with Crippen molar-refractivity contribution in [3.05, 3.63) is 48.0 Å². The van der Waals surface area contributed by atoms with Crippen LogP contribution < -0.4 is 16.8 Å². The number of carbonyl (C=O) groups is 2. The van der Waals surface area contributed by atoms with E-state index in [1.165, 1.54) is 24.8 Å². The number of alkyl halides is 6. The average molecular weight is 663 g/mol. The zero-order valence-electron chi connectivity index (χ0n) is 25.6. The Morgan fingerprint density at radius 1 is 0.783 bits per heavy atom. The molecule has 256 valence electrons. The zero-order valence-corrected chi connectivity index (χ0v) is 25.6. The summed E-state index contributed by atoms with van der Waals surface area (Å²) in [5.74, 6) is -4.00. The Morgan fingerprint density at radius 2 is 1.24 bits per heavy atom. The molecule has 2 aromatic rings. The highest BCUT2D eigenvalue weighted by Crippen LogP contribution is 2.47. The molecule has 0 bridgehead atoms. The van der Waals surface area contributed by atoms with E-state index in [0.717, 1.165) is 4.90 Å². The molecule has 0 radical (unpaired) electrons. The largest absolute Gasteiger partial charge is 0.465 e. The maximum absolute atomic E-state index is 13.5. The molecule has 46 heavy (non-hydrogen) atoms. The first-order valence-corrected chi connectivity index (χ1v) is 14.7. The number of carboxylic acid groups (broad SMARTS) is 2. The minimum absolute atomic E-state index is 0.0878. The molecule has 2 aromatic heterocycles. The van der Waals surface area contributed by atoms with Gasteiger partial charge in [-0.2, -0.15) is 26.3 Å². The SMILES string of the molecule is CC(C)(C)N(C(=O)O)[C@@H]1C[C@H](c2ccncc2N)C[C@H](C(F)(F)F)C1.Nc1cnccc1[C@H]1C[C@H](NC(=O)O)C[C@H](C(F)(F)F)C1. The summed E-state index contributed by atoms with van der Waals surface area (Å²) in [6, 6.07) is 1.75. The van der Waals surface area contributed by atoms with Crippen molar-refractivity contribution < 1.29 is 46.1 Å². The summed E-state index contributed by atoms with van der Waals surface area (Å²) in [5.41, 5.74) is 12.7. The molecule has 2 saturated carbocycles. The second kappa shape index (κ2) is 14.2. The van der Waals surface area contributed by atoms with E-state index >= 15 is 0 Å². The van der Waals surface area contributed by atoms with Crippen LogP contribution in [0.3, 0.4) is 0 Å². The Hall–Kier alpha value is -3.98. The van der Waals surface area contributed by atoms with Crippen LogP contribution in [0.5, 0.6) is 0 Å². The van der Waals surface area contributed by atoms with E-state index < -0.39 is 65.8 Å². The van der Waals surface area contributed by atoms with Crippen molar-refractivity contribution in [3.8, 4) is 0 Å². The van der Waals surface area contributed by atoms with Crippen LogP contribution >= 0.6 is 0 Å². The Morgan fingerprint density at radius 3 is 1.63 bits per heavy atom. The Labute approximate surface area is 262 Å². The lowest BCUT2D eigenvalue weighted by molar-refractivity contribution is -0.189. The second-order valence-electron chi connectivity index (χ2n) is 12.9. The number of nitrogens with one attached hydrogen (secondary N) is 1. The first-order valence-electron chi connectivity index (χ1n) is 14.7. The number of pyridine rings is 2. The number of nitrogens with two attached hydrogens (primary N) is 2. The highest BCUT2D eigenvalue weighted by atomic mass is 19.4. The van der Waals surface area contributed by atoms with Gasteiger partial charge in [-0.3, -0.25) is 9.97 Å². The van der Waals surface area contributed by atoms with E-state index in [1.54, 1.807) is 32.9 Å². The molecule has 2 aliphatic rings. The van der Waals surface area contributed by atoms with E-state index in [2.05, 4.69) is 15.3 Å². The van der Waals surface area contributed by atoms with Crippen LogP contribution in [-0.2, 0) is 0 Å². The molecule has 0 spiro atoms. The van der Waals surface area contributed by atoms with E-state index in [0.29, 0.717) is 35.3 Å². The fraction of sp³-hybridized carbons (Fsp3) is 0.600. The van der Waals surface area contributed by atoms with Crippen molar-refractivity contribution >= 4 is 23.6 Å². The van der Waals surface area contributed by atoms with Gasteiger partial charge in [0.15, 0.2) is 0 Å². The molecule has 4 rings (SSSR count). The minimum Gasteiger partial charge on any atom is -0.465 e. The lowest BCUT2D eigenvalue weighted by Gasteiger charge is -2.45. The number of hydrogen-bond donors (Lipinski definition) is 5.